The average Bonchev–Trinajstić information content (AvgIpc) is 3.03. The van der Waals surface area contributed by atoms with E-state index in [1.165, 1.54) is 0 Å². The zero-order valence-corrected chi connectivity index (χ0v) is 20.5. The van der Waals surface area contributed by atoms with E-state index in [1.54, 1.807) is 4.90 Å². The number of amides is 2. The summed E-state index contributed by atoms with van der Waals surface area (Å²) in [7, 11) is 0. The molecule has 0 radical (unpaired) electrons. The molecule has 6 heteroatoms. The molecule has 2 amide bonds. The van der Waals surface area contributed by atoms with Crippen molar-refractivity contribution >= 4 is 17.8 Å². The summed E-state index contributed by atoms with van der Waals surface area (Å²) >= 11 is 0. The molecular weight excluding hydrogens is 424 g/mol. The van der Waals surface area contributed by atoms with Crippen LogP contribution in [0.4, 0.5) is 0 Å². The first-order valence-corrected chi connectivity index (χ1v) is 12.4. The molecule has 2 saturated heterocycles. The molecule has 34 heavy (non-hydrogen) atoms. The van der Waals surface area contributed by atoms with Gasteiger partial charge in [0.25, 0.3) is 5.91 Å². The maximum absolute atomic E-state index is 13.7. The number of carbonyl (C=O) groups is 2. The Bertz CT molecular complexity index is 976. The van der Waals surface area contributed by atoms with Crippen LogP contribution in [0.15, 0.2) is 60.7 Å². The summed E-state index contributed by atoms with van der Waals surface area (Å²) in [5, 5.41) is 11.5. The van der Waals surface area contributed by atoms with E-state index in [0.717, 1.165) is 24.0 Å². The summed E-state index contributed by atoms with van der Waals surface area (Å²) in [5.74, 6) is 0.673. The Morgan fingerprint density at radius 1 is 1.03 bits per heavy atom. The van der Waals surface area contributed by atoms with E-state index in [2.05, 4.69) is 19.2 Å². The average molecular weight is 461 g/mol. The molecule has 180 valence electrons. The van der Waals surface area contributed by atoms with Gasteiger partial charge in [0.1, 0.15) is 5.54 Å². The highest BCUT2D eigenvalue weighted by molar-refractivity contribution is 6.07. The van der Waals surface area contributed by atoms with E-state index in [-0.39, 0.29) is 29.6 Å². The van der Waals surface area contributed by atoms with Crippen molar-refractivity contribution < 1.29 is 9.59 Å². The molecule has 0 saturated carbocycles. The van der Waals surface area contributed by atoms with Gasteiger partial charge in [-0.15, -0.1) is 0 Å². The maximum Gasteiger partial charge on any atom is 0.254 e. The fraction of sp³-hybridized carbons (Fsp3) is 0.464. The lowest BCUT2D eigenvalue weighted by molar-refractivity contribution is -0.134. The third-order valence-electron chi connectivity index (χ3n) is 7.08. The van der Waals surface area contributed by atoms with Gasteiger partial charge in [0.05, 0.1) is 5.92 Å². The van der Waals surface area contributed by atoms with Gasteiger partial charge in [0, 0.05) is 19.6 Å². The van der Waals surface area contributed by atoms with Crippen molar-refractivity contribution in [1.29, 1.82) is 5.41 Å². The van der Waals surface area contributed by atoms with E-state index in [4.69, 9.17) is 5.41 Å². The predicted octanol–water partition coefficient (Wildman–Crippen LogP) is 4.23. The van der Waals surface area contributed by atoms with Gasteiger partial charge in [-0.25, -0.2) is 0 Å². The number of guanidine groups is 1. The highest BCUT2D eigenvalue weighted by atomic mass is 16.2. The lowest BCUT2D eigenvalue weighted by Gasteiger charge is -2.35. The normalized spacial score (nSPS) is 21.4. The molecular formula is C28H36N4O2. The van der Waals surface area contributed by atoms with Crippen molar-refractivity contribution in [2.45, 2.75) is 51.5 Å². The van der Waals surface area contributed by atoms with Crippen LogP contribution < -0.4 is 5.32 Å². The molecule has 2 aliphatic rings. The first kappa shape index (κ1) is 24.0. The van der Waals surface area contributed by atoms with Gasteiger partial charge in [-0.05, 0) is 49.1 Å². The first-order valence-electron chi connectivity index (χ1n) is 12.4. The van der Waals surface area contributed by atoms with Crippen molar-refractivity contribution in [2.24, 2.45) is 11.8 Å². The van der Waals surface area contributed by atoms with Crippen LogP contribution in [-0.2, 0) is 9.59 Å². The van der Waals surface area contributed by atoms with Crippen LogP contribution in [0.1, 0.15) is 57.1 Å². The Labute approximate surface area is 202 Å². The molecule has 2 aromatic rings. The summed E-state index contributed by atoms with van der Waals surface area (Å²) in [6.07, 6.45) is 2.37. The first-order chi connectivity index (χ1) is 16.3. The SMILES string of the molecule is CC(C)CC1(C)NC(=N)N(CC2CCN(C(=O)C(c3ccccc3)c3ccccc3)CC2)C1=O. The predicted molar refractivity (Wildman–Crippen MR) is 134 cm³/mol. The zero-order valence-electron chi connectivity index (χ0n) is 20.5. The topological polar surface area (TPSA) is 76.5 Å². The van der Waals surface area contributed by atoms with Crippen LogP contribution in [0, 0.1) is 17.2 Å². The minimum absolute atomic E-state index is 0.00192. The van der Waals surface area contributed by atoms with Crippen LogP contribution in [0.25, 0.3) is 0 Å². The Kier molecular flexibility index (Phi) is 7.05. The summed E-state index contributed by atoms with van der Waals surface area (Å²) < 4.78 is 0. The second kappa shape index (κ2) is 10.00. The smallest absolute Gasteiger partial charge is 0.254 e. The van der Waals surface area contributed by atoms with E-state index < -0.39 is 5.54 Å². The van der Waals surface area contributed by atoms with Crippen molar-refractivity contribution in [3.8, 4) is 0 Å². The second-order valence-corrected chi connectivity index (χ2v) is 10.3. The van der Waals surface area contributed by atoms with E-state index in [0.29, 0.717) is 32.0 Å². The van der Waals surface area contributed by atoms with Gasteiger partial charge < -0.3 is 10.2 Å². The van der Waals surface area contributed by atoms with Crippen LogP contribution in [0.5, 0.6) is 0 Å². The Morgan fingerprint density at radius 2 is 1.56 bits per heavy atom. The fourth-order valence-electron chi connectivity index (χ4n) is 5.46. The largest absolute Gasteiger partial charge is 0.342 e. The Balaban J connectivity index is 1.41. The number of piperidine rings is 1. The third kappa shape index (κ3) is 5.01. The molecule has 0 spiro atoms. The molecule has 0 bridgehead atoms. The molecule has 2 aliphatic heterocycles. The lowest BCUT2D eigenvalue weighted by atomic mass is 9.88. The number of rotatable bonds is 7. The molecule has 4 rings (SSSR count). The van der Waals surface area contributed by atoms with E-state index in [9.17, 15) is 9.59 Å². The molecule has 2 heterocycles. The zero-order chi connectivity index (χ0) is 24.3. The van der Waals surface area contributed by atoms with Gasteiger partial charge in [0.2, 0.25) is 5.91 Å². The standard InChI is InChI=1S/C28H36N4O2/c1-20(2)18-28(3)26(34)32(27(29)30-28)19-21-14-16-31(17-15-21)25(33)24(22-10-6-4-7-11-22)23-12-8-5-9-13-23/h4-13,20-21,24H,14-19H2,1-3H3,(H2,29,30). The maximum atomic E-state index is 13.7. The van der Waals surface area contributed by atoms with E-state index in [1.807, 2.05) is 72.5 Å². The number of hydrogen-bond acceptors (Lipinski definition) is 3. The molecule has 6 nitrogen and oxygen atoms in total. The van der Waals surface area contributed by atoms with Crippen molar-refractivity contribution in [3.05, 3.63) is 71.8 Å². The van der Waals surface area contributed by atoms with Gasteiger partial charge >= 0.3 is 0 Å². The van der Waals surface area contributed by atoms with Crippen LogP contribution >= 0.6 is 0 Å². The number of benzene rings is 2. The van der Waals surface area contributed by atoms with Crippen LogP contribution in [0.3, 0.4) is 0 Å². The van der Waals surface area contributed by atoms with Gasteiger partial charge in [0.15, 0.2) is 5.96 Å². The van der Waals surface area contributed by atoms with Gasteiger partial charge in [-0.2, -0.15) is 0 Å². The number of likely N-dealkylation sites (tertiary alicyclic amines) is 1. The third-order valence-corrected chi connectivity index (χ3v) is 7.08. The van der Waals surface area contributed by atoms with Crippen molar-refractivity contribution in [1.82, 2.24) is 15.1 Å². The van der Waals surface area contributed by atoms with Crippen molar-refractivity contribution in [3.63, 3.8) is 0 Å². The molecule has 1 atom stereocenters. The summed E-state index contributed by atoms with van der Waals surface area (Å²) in [6.45, 7) is 7.98. The van der Waals surface area contributed by atoms with Crippen molar-refractivity contribution in [2.75, 3.05) is 19.6 Å². The van der Waals surface area contributed by atoms with Gasteiger partial charge in [-0.1, -0.05) is 74.5 Å². The minimum Gasteiger partial charge on any atom is -0.342 e. The van der Waals surface area contributed by atoms with Crippen LogP contribution in [-0.4, -0.2) is 52.7 Å². The summed E-state index contributed by atoms with van der Waals surface area (Å²) in [4.78, 5) is 30.3. The summed E-state index contributed by atoms with van der Waals surface area (Å²) in [6, 6.07) is 20.0. The minimum atomic E-state index is -0.694. The quantitative estimate of drug-likeness (QED) is 0.649. The molecule has 2 aromatic carbocycles. The highest BCUT2D eigenvalue weighted by Crippen LogP contribution is 2.31. The highest BCUT2D eigenvalue weighted by Gasteiger charge is 2.46. The second-order valence-electron chi connectivity index (χ2n) is 10.3. The number of nitrogens with zero attached hydrogens (tertiary/aromatic N) is 2. The fourth-order valence-corrected chi connectivity index (χ4v) is 5.46. The van der Waals surface area contributed by atoms with E-state index >= 15 is 0 Å². The molecule has 0 aliphatic carbocycles. The molecule has 2 N–H and O–H groups in total. The number of nitrogens with one attached hydrogen (secondary N) is 2. The molecule has 1 unspecified atom stereocenters. The van der Waals surface area contributed by atoms with Crippen LogP contribution in [0.2, 0.25) is 0 Å². The summed E-state index contributed by atoms with van der Waals surface area (Å²) in [5.41, 5.74) is 1.32. The lowest BCUT2D eigenvalue weighted by Crippen LogP contribution is -2.46. The number of hydrogen-bond donors (Lipinski definition) is 2. The molecule has 2 fully saturated rings. The Hall–Kier alpha value is -3.15. The Morgan fingerprint density at radius 3 is 2.06 bits per heavy atom. The number of carbonyl (C=O) groups excluding carboxylic acids is 2. The molecule has 0 aromatic heterocycles. The van der Waals surface area contributed by atoms with Gasteiger partial charge in [-0.3, -0.25) is 19.9 Å². The monoisotopic (exact) mass is 460 g/mol.